The van der Waals surface area contributed by atoms with Crippen LogP contribution in [0.3, 0.4) is 0 Å². The third-order valence-corrected chi connectivity index (χ3v) is 21.6. The van der Waals surface area contributed by atoms with Crippen molar-refractivity contribution in [2.45, 2.75) is 452 Å². The van der Waals surface area contributed by atoms with Gasteiger partial charge in [-0.2, -0.15) is 0 Å². The lowest BCUT2D eigenvalue weighted by Crippen LogP contribution is -2.30. The van der Waals surface area contributed by atoms with Crippen LogP contribution < -0.4 is 0 Å². The van der Waals surface area contributed by atoms with Gasteiger partial charge in [-0.05, 0) is 43.4 Å². The van der Waals surface area contributed by atoms with E-state index in [0.29, 0.717) is 25.7 Å². The summed E-state index contributed by atoms with van der Waals surface area (Å²) >= 11 is 0. The third-order valence-electron chi connectivity index (χ3n) is 19.7. The summed E-state index contributed by atoms with van der Waals surface area (Å²) < 4.78 is 68.8. The number of aliphatic hydroxyl groups is 1. The van der Waals surface area contributed by atoms with E-state index in [1.807, 2.05) is 0 Å². The summed E-state index contributed by atoms with van der Waals surface area (Å²) in [5.74, 6) is 0.251. The van der Waals surface area contributed by atoms with Crippen molar-refractivity contribution in [2.75, 3.05) is 39.6 Å². The molecule has 0 aromatic heterocycles. The van der Waals surface area contributed by atoms with Crippen molar-refractivity contribution in [1.29, 1.82) is 0 Å². The van der Waals surface area contributed by atoms with Gasteiger partial charge in [-0.1, -0.05) is 382 Å². The first kappa shape index (κ1) is 100. The van der Waals surface area contributed by atoms with Gasteiger partial charge < -0.3 is 33.8 Å². The molecule has 0 saturated heterocycles. The first-order chi connectivity index (χ1) is 49.3. The molecule has 0 aliphatic rings. The number of aliphatic hydroxyl groups excluding tert-OH is 1. The molecule has 17 nitrogen and oxygen atoms in total. The minimum atomic E-state index is -4.96. The van der Waals surface area contributed by atoms with Gasteiger partial charge in [-0.3, -0.25) is 37.3 Å². The van der Waals surface area contributed by atoms with E-state index < -0.39 is 97.5 Å². The van der Waals surface area contributed by atoms with Crippen LogP contribution in [0, 0.1) is 17.8 Å². The smallest absolute Gasteiger partial charge is 0.462 e. The number of phosphoric acid groups is 2. The molecule has 102 heavy (non-hydrogen) atoms. The lowest BCUT2D eigenvalue weighted by Gasteiger charge is -2.21. The number of hydrogen-bond acceptors (Lipinski definition) is 15. The first-order valence-electron chi connectivity index (χ1n) is 42.9. The van der Waals surface area contributed by atoms with Gasteiger partial charge in [0.25, 0.3) is 0 Å². The van der Waals surface area contributed by atoms with Crippen molar-refractivity contribution in [3.05, 3.63) is 0 Å². The number of rotatable bonds is 81. The number of unbranched alkanes of at least 4 members (excludes halogenated alkanes) is 48. The number of carbonyl (C=O) groups is 4. The molecule has 0 aliphatic heterocycles. The van der Waals surface area contributed by atoms with E-state index in [1.54, 1.807) is 0 Å². The fraction of sp³-hybridized carbons (Fsp3) is 0.952. The normalized spacial score (nSPS) is 14.2. The molecule has 3 unspecified atom stereocenters. The highest BCUT2D eigenvalue weighted by molar-refractivity contribution is 7.47. The van der Waals surface area contributed by atoms with Gasteiger partial charge in [0.05, 0.1) is 26.4 Å². The topological polar surface area (TPSA) is 237 Å². The first-order valence-corrected chi connectivity index (χ1v) is 45.9. The molecule has 3 N–H and O–H groups in total. The summed E-state index contributed by atoms with van der Waals surface area (Å²) in [4.78, 5) is 73.1. The van der Waals surface area contributed by atoms with Crippen LogP contribution >= 0.6 is 15.6 Å². The summed E-state index contributed by atoms with van der Waals surface area (Å²) in [5.41, 5.74) is 0. The van der Waals surface area contributed by atoms with E-state index in [1.165, 1.54) is 244 Å². The molecule has 0 aromatic rings. The molecule has 0 bridgehead atoms. The minimum absolute atomic E-state index is 0.107. The number of carbonyl (C=O) groups excluding carboxylic acids is 4. The van der Waals surface area contributed by atoms with Gasteiger partial charge in [0.15, 0.2) is 12.2 Å². The van der Waals surface area contributed by atoms with E-state index in [0.717, 1.165) is 108 Å². The number of esters is 4. The maximum atomic E-state index is 13.1. The Labute approximate surface area is 626 Å². The van der Waals surface area contributed by atoms with Crippen LogP contribution in [-0.4, -0.2) is 96.7 Å². The zero-order valence-electron chi connectivity index (χ0n) is 67.1. The number of ether oxygens (including phenoxy) is 4. The second-order valence-corrected chi connectivity index (χ2v) is 34.0. The zero-order valence-corrected chi connectivity index (χ0v) is 68.9. The van der Waals surface area contributed by atoms with E-state index in [9.17, 15) is 43.2 Å². The molecular weight excluding hydrogens is 1330 g/mol. The Balaban J connectivity index is 5.26. The Kier molecular flexibility index (Phi) is 71.8. The summed E-state index contributed by atoms with van der Waals surface area (Å²) in [5, 5.41) is 10.7. The van der Waals surface area contributed by atoms with E-state index in [4.69, 9.17) is 37.0 Å². The Morgan fingerprint density at radius 2 is 0.500 bits per heavy atom. The Morgan fingerprint density at radius 3 is 0.745 bits per heavy atom. The molecule has 0 aromatic carbocycles. The molecule has 606 valence electrons. The summed E-state index contributed by atoms with van der Waals surface area (Å²) in [6, 6.07) is 0. The van der Waals surface area contributed by atoms with Crippen molar-refractivity contribution >= 4 is 39.5 Å². The molecule has 0 spiro atoms. The predicted molar refractivity (Wildman–Crippen MR) is 418 cm³/mol. The monoisotopic (exact) mass is 1490 g/mol. The Hall–Kier alpha value is -1.94. The van der Waals surface area contributed by atoms with Crippen molar-refractivity contribution in [2.24, 2.45) is 17.8 Å². The summed E-state index contributed by atoms with van der Waals surface area (Å²) in [6.45, 7) is 12.0. The van der Waals surface area contributed by atoms with Crippen molar-refractivity contribution < 1.29 is 80.2 Å². The molecule has 0 rings (SSSR count). The van der Waals surface area contributed by atoms with Gasteiger partial charge in [-0.25, -0.2) is 9.13 Å². The molecule has 0 heterocycles. The highest BCUT2D eigenvalue weighted by Crippen LogP contribution is 2.45. The molecular formula is C83H162O17P2. The van der Waals surface area contributed by atoms with Gasteiger partial charge in [-0.15, -0.1) is 0 Å². The maximum absolute atomic E-state index is 13.1. The SMILES string of the molecule is CCCCCCCCCCCCCCCCCCCC(=O)OC[C@H](COP(=O)(O)OC[C@@H](O)COP(=O)(O)OC[C@@H](COC(=O)CCCCCCCCCCC(C)C)OC(=O)CCCCCCCCCCCCCCCC(C)C)OC(=O)CCCCCCCCCCCCCCCCC(C)CC. The van der Waals surface area contributed by atoms with Gasteiger partial charge >= 0.3 is 39.5 Å². The van der Waals surface area contributed by atoms with Crippen LogP contribution in [0.5, 0.6) is 0 Å². The lowest BCUT2D eigenvalue weighted by molar-refractivity contribution is -0.161. The molecule has 0 aliphatic carbocycles. The maximum Gasteiger partial charge on any atom is 0.472 e. The highest BCUT2D eigenvalue weighted by atomic mass is 31.2. The molecule has 0 saturated carbocycles. The van der Waals surface area contributed by atoms with Crippen molar-refractivity contribution in [3.8, 4) is 0 Å². The predicted octanol–water partition coefficient (Wildman–Crippen LogP) is 24.9. The quantitative estimate of drug-likeness (QED) is 0.0222. The van der Waals surface area contributed by atoms with Gasteiger partial charge in [0, 0.05) is 25.7 Å². The second-order valence-electron chi connectivity index (χ2n) is 31.1. The van der Waals surface area contributed by atoms with Crippen molar-refractivity contribution in [3.63, 3.8) is 0 Å². The fourth-order valence-corrected chi connectivity index (χ4v) is 14.4. The van der Waals surface area contributed by atoms with Crippen LogP contribution in [0.25, 0.3) is 0 Å². The largest absolute Gasteiger partial charge is 0.472 e. The Morgan fingerprint density at radius 1 is 0.284 bits per heavy atom. The minimum Gasteiger partial charge on any atom is -0.462 e. The second kappa shape index (κ2) is 73.2. The molecule has 6 atom stereocenters. The zero-order chi connectivity index (χ0) is 75.1. The average Bonchev–Trinajstić information content (AvgIpc) is 0.911. The lowest BCUT2D eigenvalue weighted by atomic mass is 9.99. The van der Waals surface area contributed by atoms with E-state index in [-0.39, 0.29) is 25.7 Å². The Bertz CT molecular complexity index is 1980. The van der Waals surface area contributed by atoms with Crippen LogP contribution in [0.2, 0.25) is 0 Å². The van der Waals surface area contributed by atoms with Crippen LogP contribution in [-0.2, 0) is 65.4 Å². The van der Waals surface area contributed by atoms with Gasteiger partial charge in [0.1, 0.15) is 19.3 Å². The molecule has 0 amide bonds. The highest BCUT2D eigenvalue weighted by Gasteiger charge is 2.30. The van der Waals surface area contributed by atoms with Gasteiger partial charge in [0.2, 0.25) is 0 Å². The molecule has 19 heteroatoms. The van der Waals surface area contributed by atoms with Crippen LogP contribution in [0.15, 0.2) is 0 Å². The van der Waals surface area contributed by atoms with Crippen LogP contribution in [0.4, 0.5) is 0 Å². The summed E-state index contributed by atoms with van der Waals surface area (Å²) in [7, 11) is -9.93. The molecule has 0 radical (unpaired) electrons. The van der Waals surface area contributed by atoms with Crippen molar-refractivity contribution in [1.82, 2.24) is 0 Å². The van der Waals surface area contributed by atoms with E-state index >= 15 is 0 Å². The van der Waals surface area contributed by atoms with Crippen LogP contribution in [0.1, 0.15) is 434 Å². The fourth-order valence-electron chi connectivity index (χ4n) is 12.8. The summed E-state index contributed by atoms with van der Waals surface area (Å²) in [6.07, 6.45) is 62.3. The third kappa shape index (κ3) is 74.9. The number of phosphoric ester groups is 2. The molecule has 0 fully saturated rings. The van der Waals surface area contributed by atoms with E-state index in [2.05, 4.69) is 48.5 Å². The standard InChI is InChI=1S/C83H162O17P2/c1-8-10-11-12-13-14-15-16-17-18-19-25-30-35-43-50-57-64-80(85)93-70-78(99-82(87)66-59-52-45-36-31-26-21-20-24-29-34-42-49-56-63-76(7)9-2)72-97-101(89,90)95-68-77(84)69-96-102(91,92)98-73-79(71-94-81(86)65-58-51-44-39-38-41-48-55-62-75(5)6)100-83(88)67-60-53-46-37-32-27-22-23-28-33-40-47-54-61-74(3)4/h74-79,84H,8-73H2,1-7H3,(H,89,90)(H,91,92)/t76?,77-,78-,79-/m1/s1. The number of hydrogen-bond donors (Lipinski definition) is 3. The average molecular weight is 1490 g/mol.